The van der Waals surface area contributed by atoms with Crippen LogP contribution in [-0.2, 0) is 11.3 Å². The second-order valence-electron chi connectivity index (χ2n) is 4.90. The number of carbonyl (C=O) groups excluding carboxylic acids is 1. The van der Waals surface area contributed by atoms with Crippen LogP contribution in [0.1, 0.15) is 22.8 Å². The fourth-order valence-electron chi connectivity index (χ4n) is 2.01. The molecule has 0 aliphatic heterocycles. The van der Waals surface area contributed by atoms with Gasteiger partial charge in [-0.15, -0.1) is 6.42 Å². The maximum Gasteiger partial charge on any atom is 0.339 e. The lowest BCUT2D eigenvalue weighted by molar-refractivity contribution is 0.0556. The Labute approximate surface area is 150 Å². The smallest absolute Gasteiger partial charge is 0.339 e. The van der Waals surface area contributed by atoms with Gasteiger partial charge >= 0.3 is 5.97 Å². The molecular formula is C19H16ClFO4. The summed E-state index contributed by atoms with van der Waals surface area (Å²) in [5.41, 5.74) is 0.925. The van der Waals surface area contributed by atoms with Crippen LogP contribution in [0.25, 0.3) is 0 Å². The van der Waals surface area contributed by atoms with E-state index in [0.29, 0.717) is 29.2 Å². The molecule has 0 aliphatic carbocycles. The molecule has 6 heteroatoms. The summed E-state index contributed by atoms with van der Waals surface area (Å²) in [5, 5.41) is 0.271. The van der Waals surface area contributed by atoms with Crippen molar-refractivity contribution in [3.05, 3.63) is 58.4 Å². The van der Waals surface area contributed by atoms with E-state index in [-0.39, 0.29) is 18.2 Å². The fraction of sp³-hybridized carbons (Fsp3) is 0.211. The average Bonchev–Trinajstić information content (AvgIpc) is 2.60. The third kappa shape index (κ3) is 5.13. The van der Waals surface area contributed by atoms with Crippen LogP contribution in [0.2, 0.25) is 5.02 Å². The first-order chi connectivity index (χ1) is 12.0. The molecule has 130 valence electrons. The highest BCUT2D eigenvalue weighted by atomic mass is 35.5. The summed E-state index contributed by atoms with van der Waals surface area (Å²) < 4.78 is 29.2. The highest BCUT2D eigenvalue weighted by Crippen LogP contribution is 2.30. The largest absolute Gasteiger partial charge is 0.490 e. The zero-order chi connectivity index (χ0) is 18.2. The van der Waals surface area contributed by atoms with Crippen molar-refractivity contribution in [2.24, 2.45) is 0 Å². The molecule has 0 fully saturated rings. The average molecular weight is 363 g/mol. The number of hydrogen-bond donors (Lipinski definition) is 0. The molecule has 0 radical (unpaired) electrons. The number of carbonyl (C=O) groups is 1. The first-order valence-electron chi connectivity index (χ1n) is 7.49. The molecule has 4 nitrogen and oxygen atoms in total. The van der Waals surface area contributed by atoms with Crippen LogP contribution in [0, 0.1) is 18.2 Å². The van der Waals surface area contributed by atoms with Crippen molar-refractivity contribution >= 4 is 17.6 Å². The summed E-state index contributed by atoms with van der Waals surface area (Å²) in [4.78, 5) is 11.9. The van der Waals surface area contributed by atoms with Crippen molar-refractivity contribution in [3.63, 3.8) is 0 Å². The van der Waals surface area contributed by atoms with E-state index < -0.39 is 11.8 Å². The van der Waals surface area contributed by atoms with Gasteiger partial charge in [0, 0.05) is 5.56 Å². The Bertz CT molecular complexity index is 798. The molecule has 0 atom stereocenters. The van der Waals surface area contributed by atoms with Crippen molar-refractivity contribution in [2.45, 2.75) is 13.5 Å². The van der Waals surface area contributed by atoms with Crippen LogP contribution < -0.4 is 9.47 Å². The maximum atomic E-state index is 13.1. The molecule has 0 saturated carbocycles. The Kier molecular flexibility index (Phi) is 6.67. The molecule has 0 heterocycles. The molecule has 0 N–H and O–H groups in total. The number of ether oxygens (including phenoxy) is 3. The highest BCUT2D eigenvalue weighted by Gasteiger charge is 2.13. The third-order valence-electron chi connectivity index (χ3n) is 3.16. The van der Waals surface area contributed by atoms with Crippen LogP contribution in [0.15, 0.2) is 36.4 Å². The van der Waals surface area contributed by atoms with Gasteiger partial charge in [0.15, 0.2) is 18.1 Å². The summed E-state index contributed by atoms with van der Waals surface area (Å²) in [5.74, 6) is 2.07. The molecule has 2 rings (SSSR count). The number of esters is 1. The minimum Gasteiger partial charge on any atom is -0.490 e. The molecule has 0 aliphatic rings. The predicted octanol–water partition coefficient (Wildman–Crippen LogP) is 4.25. The van der Waals surface area contributed by atoms with E-state index in [2.05, 4.69) is 5.92 Å². The number of rotatable bonds is 7. The van der Waals surface area contributed by atoms with E-state index >= 15 is 0 Å². The van der Waals surface area contributed by atoms with Gasteiger partial charge in [0.05, 0.1) is 17.2 Å². The quantitative estimate of drug-likeness (QED) is 0.545. The Morgan fingerprint density at radius 2 is 2.00 bits per heavy atom. The predicted molar refractivity (Wildman–Crippen MR) is 92.5 cm³/mol. The van der Waals surface area contributed by atoms with Gasteiger partial charge in [-0.05, 0) is 37.3 Å². The van der Waals surface area contributed by atoms with Crippen molar-refractivity contribution in [3.8, 4) is 23.8 Å². The first kappa shape index (κ1) is 18.6. The van der Waals surface area contributed by atoms with Crippen LogP contribution in [-0.4, -0.2) is 19.2 Å². The minimum atomic E-state index is -0.549. The number of terminal acetylenes is 1. The Balaban J connectivity index is 2.16. The second-order valence-corrected chi connectivity index (χ2v) is 5.31. The molecule has 2 aromatic carbocycles. The van der Waals surface area contributed by atoms with Crippen LogP contribution >= 0.6 is 11.6 Å². The van der Waals surface area contributed by atoms with Gasteiger partial charge in [0.25, 0.3) is 0 Å². The van der Waals surface area contributed by atoms with Gasteiger partial charge < -0.3 is 14.2 Å². The second kappa shape index (κ2) is 8.95. The zero-order valence-corrected chi connectivity index (χ0v) is 14.3. The molecule has 2 aromatic rings. The zero-order valence-electron chi connectivity index (χ0n) is 13.6. The van der Waals surface area contributed by atoms with Crippen LogP contribution in [0.4, 0.5) is 4.39 Å². The van der Waals surface area contributed by atoms with Gasteiger partial charge in [-0.3, -0.25) is 0 Å². The molecule has 0 unspecified atom stereocenters. The summed E-state index contributed by atoms with van der Waals surface area (Å²) in [7, 11) is 0. The topological polar surface area (TPSA) is 44.8 Å². The fourth-order valence-corrected chi connectivity index (χ4v) is 2.23. The number of hydrogen-bond acceptors (Lipinski definition) is 4. The van der Waals surface area contributed by atoms with E-state index in [1.807, 2.05) is 6.92 Å². The molecule has 0 spiro atoms. The minimum absolute atomic E-state index is 0.107. The maximum absolute atomic E-state index is 13.1. The van der Waals surface area contributed by atoms with Crippen molar-refractivity contribution < 1.29 is 23.4 Å². The van der Waals surface area contributed by atoms with Crippen LogP contribution in [0.3, 0.4) is 0 Å². The molecule has 0 aromatic heterocycles. The monoisotopic (exact) mass is 362 g/mol. The lowest BCUT2D eigenvalue weighted by Crippen LogP contribution is -2.07. The van der Waals surface area contributed by atoms with E-state index in [9.17, 15) is 9.18 Å². The van der Waals surface area contributed by atoms with Gasteiger partial charge in [-0.25, -0.2) is 9.18 Å². The van der Waals surface area contributed by atoms with E-state index in [1.165, 1.54) is 18.2 Å². The Hall–Kier alpha value is -2.71. The summed E-state index contributed by atoms with van der Waals surface area (Å²) >= 11 is 5.98. The van der Waals surface area contributed by atoms with Gasteiger partial charge in [-0.2, -0.15) is 0 Å². The highest BCUT2D eigenvalue weighted by molar-refractivity contribution is 6.31. The Morgan fingerprint density at radius 3 is 2.68 bits per heavy atom. The normalized spacial score (nSPS) is 10.0. The first-order valence-corrected chi connectivity index (χ1v) is 7.87. The number of benzene rings is 2. The van der Waals surface area contributed by atoms with E-state index in [0.717, 1.165) is 0 Å². The molecule has 0 amide bonds. The molecule has 0 saturated heterocycles. The Morgan fingerprint density at radius 1 is 1.20 bits per heavy atom. The summed E-state index contributed by atoms with van der Waals surface area (Å²) in [6.07, 6.45) is 5.07. The standard InChI is InChI=1S/C19H16ClFO4/c1-3-9-24-19(22)13-6-8-17(18(10-13)23-4-2)25-12-14-5-7-15(21)11-16(14)20/h1,5-8,10-11H,4,9,12H2,2H3. The summed E-state index contributed by atoms with van der Waals surface area (Å²) in [6.45, 7) is 2.21. The van der Waals surface area contributed by atoms with Gasteiger partial charge in [0.2, 0.25) is 0 Å². The third-order valence-corrected chi connectivity index (χ3v) is 3.52. The molecular weight excluding hydrogens is 347 g/mol. The molecule has 0 bridgehead atoms. The van der Waals surface area contributed by atoms with E-state index in [4.69, 9.17) is 32.2 Å². The van der Waals surface area contributed by atoms with Gasteiger partial charge in [0.1, 0.15) is 12.4 Å². The molecule has 25 heavy (non-hydrogen) atoms. The van der Waals surface area contributed by atoms with Crippen LogP contribution in [0.5, 0.6) is 11.5 Å². The summed E-state index contributed by atoms with van der Waals surface area (Å²) in [6, 6.07) is 8.72. The van der Waals surface area contributed by atoms with Crippen molar-refractivity contribution in [2.75, 3.05) is 13.2 Å². The van der Waals surface area contributed by atoms with Crippen molar-refractivity contribution in [1.29, 1.82) is 0 Å². The van der Waals surface area contributed by atoms with Gasteiger partial charge in [-0.1, -0.05) is 23.6 Å². The lowest BCUT2D eigenvalue weighted by Gasteiger charge is -2.13. The lowest BCUT2D eigenvalue weighted by atomic mass is 10.2. The SMILES string of the molecule is C#CCOC(=O)c1ccc(OCc2ccc(F)cc2Cl)c(OCC)c1. The van der Waals surface area contributed by atoms with Crippen molar-refractivity contribution in [1.82, 2.24) is 0 Å². The number of halogens is 2. The van der Waals surface area contributed by atoms with E-state index in [1.54, 1.807) is 18.2 Å².